The van der Waals surface area contributed by atoms with Crippen molar-refractivity contribution in [3.05, 3.63) is 42.4 Å². The van der Waals surface area contributed by atoms with Crippen LogP contribution in [0, 0.1) is 0 Å². The molecule has 2 aromatic rings. The minimum Gasteiger partial charge on any atom is -0.508 e. The third kappa shape index (κ3) is 2.79. The minimum absolute atomic E-state index is 0.242. The topological polar surface area (TPSA) is 72.0 Å². The quantitative estimate of drug-likeness (QED) is 0.837. The molecule has 0 bridgehead atoms. The zero-order valence-corrected chi connectivity index (χ0v) is 9.50. The molecular weight excluding hydrogens is 214 g/mol. The van der Waals surface area contributed by atoms with E-state index in [0.29, 0.717) is 6.54 Å². The van der Waals surface area contributed by atoms with Crippen LogP contribution in [-0.2, 0) is 6.42 Å². The SMILES string of the molecule is NCCCc1cncnc1-c1cccc(O)c1. The van der Waals surface area contributed by atoms with Crippen LogP contribution in [0.2, 0.25) is 0 Å². The van der Waals surface area contributed by atoms with E-state index in [1.165, 1.54) is 6.33 Å². The van der Waals surface area contributed by atoms with Gasteiger partial charge in [0.05, 0.1) is 5.69 Å². The molecule has 0 aliphatic carbocycles. The number of rotatable bonds is 4. The number of aryl methyl sites for hydroxylation is 1. The Labute approximate surface area is 100 Å². The molecule has 0 saturated carbocycles. The summed E-state index contributed by atoms with van der Waals surface area (Å²) in [5, 5.41) is 9.48. The standard InChI is InChI=1S/C13H15N3O/c14-6-2-4-11-8-15-9-16-13(11)10-3-1-5-12(17)7-10/h1,3,5,7-9,17H,2,4,6,14H2. The Bertz CT molecular complexity index is 500. The van der Waals surface area contributed by atoms with Gasteiger partial charge in [0.15, 0.2) is 0 Å². The van der Waals surface area contributed by atoms with Crippen molar-refractivity contribution in [2.45, 2.75) is 12.8 Å². The minimum atomic E-state index is 0.242. The molecule has 0 saturated heterocycles. The number of phenols is 1. The summed E-state index contributed by atoms with van der Waals surface area (Å²) in [5.74, 6) is 0.242. The van der Waals surface area contributed by atoms with Gasteiger partial charge in [0.1, 0.15) is 12.1 Å². The molecule has 0 fully saturated rings. The molecule has 1 aromatic heterocycles. The number of nitrogens with two attached hydrogens (primary N) is 1. The lowest BCUT2D eigenvalue weighted by molar-refractivity contribution is 0.475. The van der Waals surface area contributed by atoms with Gasteiger partial charge in [-0.3, -0.25) is 0 Å². The van der Waals surface area contributed by atoms with Crippen LogP contribution in [0.25, 0.3) is 11.3 Å². The maximum Gasteiger partial charge on any atom is 0.116 e. The third-order valence-electron chi connectivity index (χ3n) is 2.56. The summed E-state index contributed by atoms with van der Waals surface area (Å²) in [5.41, 5.74) is 8.33. The van der Waals surface area contributed by atoms with Crippen molar-refractivity contribution in [3.63, 3.8) is 0 Å². The highest BCUT2D eigenvalue weighted by atomic mass is 16.3. The number of hydrogen-bond donors (Lipinski definition) is 2. The number of aromatic hydroxyl groups is 1. The Hall–Kier alpha value is -1.94. The zero-order chi connectivity index (χ0) is 12.1. The van der Waals surface area contributed by atoms with Gasteiger partial charge in [0.2, 0.25) is 0 Å². The highest BCUT2D eigenvalue weighted by Gasteiger charge is 2.06. The lowest BCUT2D eigenvalue weighted by Gasteiger charge is -2.07. The summed E-state index contributed by atoms with van der Waals surface area (Å²) < 4.78 is 0. The van der Waals surface area contributed by atoms with E-state index in [4.69, 9.17) is 5.73 Å². The molecule has 2 rings (SSSR count). The van der Waals surface area contributed by atoms with E-state index in [-0.39, 0.29) is 5.75 Å². The average molecular weight is 229 g/mol. The van der Waals surface area contributed by atoms with E-state index < -0.39 is 0 Å². The van der Waals surface area contributed by atoms with Crippen molar-refractivity contribution in [1.82, 2.24) is 9.97 Å². The summed E-state index contributed by atoms with van der Waals surface area (Å²) in [6, 6.07) is 7.08. The Morgan fingerprint density at radius 3 is 2.94 bits per heavy atom. The maximum atomic E-state index is 9.48. The zero-order valence-electron chi connectivity index (χ0n) is 9.50. The highest BCUT2D eigenvalue weighted by Crippen LogP contribution is 2.24. The lowest BCUT2D eigenvalue weighted by atomic mass is 10.0. The van der Waals surface area contributed by atoms with Gasteiger partial charge in [-0.25, -0.2) is 9.97 Å². The van der Waals surface area contributed by atoms with Gasteiger partial charge in [-0.2, -0.15) is 0 Å². The summed E-state index contributed by atoms with van der Waals surface area (Å²) in [6.07, 6.45) is 5.08. The normalized spacial score (nSPS) is 10.4. The first-order valence-electron chi connectivity index (χ1n) is 5.59. The summed E-state index contributed by atoms with van der Waals surface area (Å²) in [4.78, 5) is 8.31. The van der Waals surface area contributed by atoms with Gasteiger partial charge in [0, 0.05) is 11.8 Å². The predicted molar refractivity (Wildman–Crippen MR) is 66.5 cm³/mol. The summed E-state index contributed by atoms with van der Waals surface area (Å²) in [6.45, 7) is 0.647. The van der Waals surface area contributed by atoms with E-state index in [2.05, 4.69) is 9.97 Å². The van der Waals surface area contributed by atoms with Crippen LogP contribution in [0.1, 0.15) is 12.0 Å². The van der Waals surface area contributed by atoms with Crippen LogP contribution in [0.4, 0.5) is 0 Å². The van der Waals surface area contributed by atoms with Crippen LogP contribution in [0.15, 0.2) is 36.8 Å². The average Bonchev–Trinajstić information content (AvgIpc) is 2.37. The first-order valence-corrected chi connectivity index (χ1v) is 5.59. The molecule has 0 unspecified atom stereocenters. The Balaban J connectivity index is 2.37. The van der Waals surface area contributed by atoms with E-state index in [9.17, 15) is 5.11 Å². The lowest BCUT2D eigenvalue weighted by Crippen LogP contribution is -2.02. The van der Waals surface area contributed by atoms with E-state index in [1.807, 2.05) is 12.3 Å². The molecule has 4 heteroatoms. The molecule has 0 atom stereocenters. The Kier molecular flexibility index (Phi) is 3.67. The monoisotopic (exact) mass is 229 g/mol. The first kappa shape index (κ1) is 11.5. The van der Waals surface area contributed by atoms with Crippen LogP contribution in [0.5, 0.6) is 5.75 Å². The van der Waals surface area contributed by atoms with Crippen LogP contribution in [0.3, 0.4) is 0 Å². The number of benzene rings is 1. The molecule has 17 heavy (non-hydrogen) atoms. The van der Waals surface area contributed by atoms with Gasteiger partial charge in [0.25, 0.3) is 0 Å². The van der Waals surface area contributed by atoms with E-state index in [1.54, 1.807) is 18.2 Å². The smallest absolute Gasteiger partial charge is 0.116 e. The molecule has 0 radical (unpaired) electrons. The van der Waals surface area contributed by atoms with Crippen molar-refractivity contribution >= 4 is 0 Å². The van der Waals surface area contributed by atoms with Gasteiger partial charge in [-0.1, -0.05) is 12.1 Å². The van der Waals surface area contributed by atoms with Crippen LogP contribution < -0.4 is 5.73 Å². The molecule has 4 nitrogen and oxygen atoms in total. The molecule has 0 aliphatic heterocycles. The van der Waals surface area contributed by atoms with Crippen molar-refractivity contribution in [3.8, 4) is 17.0 Å². The van der Waals surface area contributed by atoms with Crippen LogP contribution >= 0.6 is 0 Å². The fourth-order valence-corrected chi connectivity index (χ4v) is 1.75. The van der Waals surface area contributed by atoms with Gasteiger partial charge in [-0.15, -0.1) is 0 Å². The molecule has 3 N–H and O–H groups in total. The number of aromatic nitrogens is 2. The Morgan fingerprint density at radius 2 is 2.18 bits per heavy atom. The third-order valence-corrected chi connectivity index (χ3v) is 2.56. The number of nitrogens with zero attached hydrogens (tertiary/aromatic N) is 2. The van der Waals surface area contributed by atoms with E-state index >= 15 is 0 Å². The molecule has 88 valence electrons. The van der Waals surface area contributed by atoms with Crippen molar-refractivity contribution in [2.75, 3.05) is 6.54 Å². The van der Waals surface area contributed by atoms with Crippen molar-refractivity contribution in [2.24, 2.45) is 5.73 Å². The molecule has 0 aliphatic rings. The largest absolute Gasteiger partial charge is 0.508 e. The first-order chi connectivity index (χ1) is 8.31. The fraction of sp³-hybridized carbons (Fsp3) is 0.231. The summed E-state index contributed by atoms with van der Waals surface area (Å²) >= 11 is 0. The van der Waals surface area contributed by atoms with Gasteiger partial charge in [-0.05, 0) is 37.1 Å². The summed E-state index contributed by atoms with van der Waals surface area (Å²) in [7, 11) is 0. The van der Waals surface area contributed by atoms with E-state index in [0.717, 1.165) is 29.7 Å². The second-order valence-electron chi connectivity index (χ2n) is 3.84. The maximum absolute atomic E-state index is 9.48. The van der Waals surface area contributed by atoms with Crippen molar-refractivity contribution < 1.29 is 5.11 Å². The Morgan fingerprint density at radius 1 is 1.29 bits per heavy atom. The highest BCUT2D eigenvalue weighted by molar-refractivity contribution is 5.64. The van der Waals surface area contributed by atoms with Gasteiger partial charge < -0.3 is 10.8 Å². The second-order valence-corrected chi connectivity index (χ2v) is 3.84. The molecular formula is C13H15N3O. The predicted octanol–water partition coefficient (Wildman–Crippen LogP) is 1.74. The number of hydrogen-bond acceptors (Lipinski definition) is 4. The van der Waals surface area contributed by atoms with Crippen molar-refractivity contribution in [1.29, 1.82) is 0 Å². The van der Waals surface area contributed by atoms with Gasteiger partial charge >= 0.3 is 0 Å². The fourth-order valence-electron chi connectivity index (χ4n) is 1.75. The molecule has 0 spiro atoms. The van der Waals surface area contributed by atoms with Crippen LogP contribution in [-0.4, -0.2) is 21.6 Å². The molecule has 1 heterocycles. The number of phenolic OH excluding ortho intramolecular Hbond substituents is 1. The molecule has 1 aromatic carbocycles. The second kappa shape index (κ2) is 5.41. The molecule has 0 amide bonds.